The minimum absolute atomic E-state index is 0.130. The summed E-state index contributed by atoms with van der Waals surface area (Å²) in [5.74, 6) is 0.0840. The summed E-state index contributed by atoms with van der Waals surface area (Å²) in [6.45, 7) is 21.2. The zero-order valence-corrected chi connectivity index (χ0v) is 32.0. The molecule has 1 aromatic heterocycles. The van der Waals surface area contributed by atoms with E-state index in [0.717, 1.165) is 0 Å². The molecule has 12 nitrogen and oxygen atoms in total. The Kier molecular flexibility index (Phi) is 12.9. The molecule has 14 heteroatoms. The molecule has 0 bridgehead atoms. The summed E-state index contributed by atoms with van der Waals surface area (Å²) in [5, 5.41) is 9.59. The van der Waals surface area contributed by atoms with E-state index in [2.05, 4.69) is 50.5 Å². The Hall–Kier alpha value is -3.86. The molecule has 0 radical (unpaired) electrons. The van der Waals surface area contributed by atoms with Crippen molar-refractivity contribution >= 4 is 58.0 Å². The van der Waals surface area contributed by atoms with Gasteiger partial charge in [0.1, 0.15) is 0 Å². The predicted octanol–water partition coefficient (Wildman–Crippen LogP) is 7.48. The number of esters is 2. The molecule has 0 amide bonds. The highest BCUT2D eigenvalue weighted by Crippen LogP contribution is 2.22. The fraction of sp³-hybridized carbons (Fsp3) is 0.500. The Morgan fingerprint density at radius 2 is 1.08 bits per heavy atom. The number of nitrogens with zero attached hydrogens (tertiary/aromatic N) is 3. The van der Waals surface area contributed by atoms with Crippen molar-refractivity contribution in [3.8, 4) is 0 Å². The Morgan fingerprint density at radius 3 is 1.46 bits per heavy atom. The number of aromatic nitrogens is 3. The van der Waals surface area contributed by atoms with Crippen LogP contribution < -0.4 is 16.0 Å². The molecule has 0 spiro atoms. The van der Waals surface area contributed by atoms with Gasteiger partial charge in [-0.3, -0.25) is 0 Å². The third-order valence-corrected chi connectivity index (χ3v) is 11.8. The summed E-state index contributed by atoms with van der Waals surface area (Å²) >= 11 is 0. The third kappa shape index (κ3) is 14.5. The summed E-state index contributed by atoms with van der Waals surface area (Å²) in [4.78, 5) is 49.4. The van der Waals surface area contributed by atoms with Crippen LogP contribution in [0.1, 0.15) is 68.7 Å². The largest absolute Gasteiger partial charge is 0.462 e. The van der Waals surface area contributed by atoms with Crippen LogP contribution in [0.4, 0.5) is 29.2 Å². The molecular weight excluding hydrogens is 645 g/mol. The maximum atomic E-state index is 12.5. The average Bonchev–Trinajstić information content (AvgIpc) is 2.95. The molecule has 1 heterocycles. The van der Waals surface area contributed by atoms with Crippen molar-refractivity contribution < 1.29 is 28.0 Å². The summed E-state index contributed by atoms with van der Waals surface area (Å²) in [7, 11) is -4.64. The fourth-order valence-electron chi connectivity index (χ4n) is 4.26. The average molecular weight is 697 g/mol. The topological polar surface area (TPSA) is 157 Å². The Labute approximate surface area is 286 Å². The molecule has 0 saturated carbocycles. The van der Waals surface area contributed by atoms with Gasteiger partial charge in [0.2, 0.25) is 17.8 Å². The highest BCUT2D eigenvalue weighted by atomic mass is 28.4. The van der Waals surface area contributed by atoms with Crippen LogP contribution in [-0.4, -0.2) is 68.3 Å². The minimum Gasteiger partial charge on any atom is -0.462 e. The monoisotopic (exact) mass is 696 g/mol. The van der Waals surface area contributed by atoms with Gasteiger partial charge in [-0.2, -0.15) is 15.0 Å². The number of benzene rings is 2. The van der Waals surface area contributed by atoms with Crippen LogP contribution in [0.3, 0.4) is 0 Å². The lowest BCUT2D eigenvalue weighted by Gasteiger charge is -2.29. The second-order valence-electron chi connectivity index (χ2n) is 15.4. The van der Waals surface area contributed by atoms with Crippen LogP contribution >= 0.6 is 0 Å². The standard InChI is InChI=1S/C34H52N6O6Si2/c1-33(2,3)22-44-28(41)24-12-16-26(17-13-24)36-31-38-30(35-20-11-21-48(10,43)46-47(7,8)9)39-32(40-31)37-27-18-14-25(15-19-27)29(42)45-23-34(4,5)6/h12-19,43H,11,20-23H2,1-10H3,(H3,35,36,37,38,39,40). The summed E-state index contributed by atoms with van der Waals surface area (Å²) in [6, 6.07) is 14.3. The van der Waals surface area contributed by atoms with Gasteiger partial charge < -0.3 is 34.3 Å². The first-order valence-electron chi connectivity index (χ1n) is 16.2. The Balaban J connectivity index is 1.75. The van der Waals surface area contributed by atoms with Crippen molar-refractivity contribution in [2.24, 2.45) is 10.8 Å². The zero-order chi connectivity index (χ0) is 35.8. The number of hydrogen-bond donors (Lipinski definition) is 4. The van der Waals surface area contributed by atoms with Crippen molar-refractivity contribution in [2.75, 3.05) is 35.7 Å². The van der Waals surface area contributed by atoms with Crippen LogP contribution in [0.15, 0.2) is 48.5 Å². The van der Waals surface area contributed by atoms with Gasteiger partial charge in [0, 0.05) is 17.9 Å². The van der Waals surface area contributed by atoms with E-state index in [9.17, 15) is 14.4 Å². The molecule has 4 N–H and O–H groups in total. The first-order chi connectivity index (χ1) is 22.2. The van der Waals surface area contributed by atoms with Gasteiger partial charge in [-0.05, 0) is 98.0 Å². The van der Waals surface area contributed by atoms with E-state index >= 15 is 0 Å². The predicted molar refractivity (Wildman–Crippen MR) is 195 cm³/mol. The van der Waals surface area contributed by atoms with Gasteiger partial charge in [-0.15, -0.1) is 0 Å². The fourth-order valence-corrected chi connectivity index (χ4v) is 10.8. The van der Waals surface area contributed by atoms with Gasteiger partial charge in [0.05, 0.1) is 24.3 Å². The van der Waals surface area contributed by atoms with Gasteiger partial charge in [-0.25, -0.2) is 9.59 Å². The van der Waals surface area contributed by atoms with Crippen LogP contribution in [0.25, 0.3) is 0 Å². The van der Waals surface area contributed by atoms with E-state index in [0.29, 0.717) is 60.7 Å². The van der Waals surface area contributed by atoms with Gasteiger partial charge in [-0.1, -0.05) is 41.5 Å². The molecule has 1 atom stereocenters. The summed E-state index contributed by atoms with van der Waals surface area (Å²) < 4.78 is 16.9. The van der Waals surface area contributed by atoms with E-state index < -0.39 is 16.9 Å². The molecule has 0 fully saturated rings. The molecule has 3 rings (SSSR count). The number of carbonyl (C=O) groups is 2. The van der Waals surface area contributed by atoms with Crippen molar-refractivity contribution in [1.82, 2.24) is 15.0 Å². The molecule has 0 saturated heterocycles. The number of hydrogen-bond acceptors (Lipinski definition) is 12. The molecule has 48 heavy (non-hydrogen) atoms. The number of anilines is 5. The lowest BCUT2D eigenvalue weighted by molar-refractivity contribution is 0.0360. The molecule has 0 aliphatic rings. The Morgan fingerprint density at radius 1 is 0.688 bits per heavy atom. The number of rotatable bonds is 15. The van der Waals surface area contributed by atoms with Crippen LogP contribution in [0.2, 0.25) is 32.2 Å². The highest BCUT2D eigenvalue weighted by Gasteiger charge is 2.32. The first kappa shape index (κ1) is 38.6. The van der Waals surface area contributed by atoms with E-state index in [-0.39, 0.29) is 34.7 Å². The minimum atomic E-state index is -2.78. The van der Waals surface area contributed by atoms with Gasteiger partial charge >= 0.3 is 20.5 Å². The van der Waals surface area contributed by atoms with Crippen LogP contribution in [0.5, 0.6) is 0 Å². The lowest BCUT2D eigenvalue weighted by atomic mass is 9.99. The summed E-state index contributed by atoms with van der Waals surface area (Å²) in [6.07, 6.45) is 0.667. The smallest absolute Gasteiger partial charge is 0.338 e. The zero-order valence-electron chi connectivity index (χ0n) is 30.0. The quantitative estimate of drug-likeness (QED) is 0.0707. The third-order valence-electron chi connectivity index (χ3n) is 6.29. The van der Waals surface area contributed by atoms with E-state index in [1.807, 2.05) is 48.1 Å². The molecule has 2 aromatic carbocycles. The normalized spacial score (nSPS) is 13.3. The summed E-state index contributed by atoms with van der Waals surface area (Å²) in [5.41, 5.74) is 1.94. The van der Waals surface area contributed by atoms with Crippen LogP contribution in [-0.2, 0) is 13.6 Å². The van der Waals surface area contributed by atoms with Crippen molar-refractivity contribution in [3.05, 3.63) is 59.7 Å². The molecule has 262 valence electrons. The molecule has 3 aromatic rings. The number of ether oxygens (including phenoxy) is 2. The second kappa shape index (κ2) is 16.0. The van der Waals surface area contributed by atoms with E-state index in [4.69, 9.17) is 13.6 Å². The van der Waals surface area contributed by atoms with Gasteiger partial charge in [0.15, 0.2) is 8.32 Å². The number of nitrogens with one attached hydrogen (secondary N) is 3. The first-order valence-corrected chi connectivity index (χ1v) is 22.1. The van der Waals surface area contributed by atoms with Crippen LogP contribution in [0, 0.1) is 10.8 Å². The molecule has 0 aliphatic carbocycles. The second-order valence-corrected chi connectivity index (χ2v) is 23.3. The molecule has 1 unspecified atom stereocenters. The van der Waals surface area contributed by atoms with Gasteiger partial charge in [0.25, 0.3) is 0 Å². The van der Waals surface area contributed by atoms with Crippen molar-refractivity contribution in [1.29, 1.82) is 0 Å². The molecular formula is C34H52N6O6Si2. The maximum Gasteiger partial charge on any atom is 0.338 e. The van der Waals surface area contributed by atoms with Crippen molar-refractivity contribution in [3.63, 3.8) is 0 Å². The lowest BCUT2D eigenvalue weighted by Crippen LogP contribution is -2.45. The van der Waals surface area contributed by atoms with E-state index in [1.165, 1.54) is 0 Å². The Bertz CT molecular complexity index is 1420. The maximum absolute atomic E-state index is 12.5. The highest BCUT2D eigenvalue weighted by molar-refractivity contribution is 6.81. The van der Waals surface area contributed by atoms with E-state index in [1.54, 1.807) is 48.5 Å². The number of carbonyl (C=O) groups excluding carboxylic acids is 2. The molecule has 0 aliphatic heterocycles. The SMILES string of the molecule is CC(C)(C)COC(=O)c1ccc(Nc2nc(NCCC[Si](C)(O)O[Si](C)(C)C)nc(Nc3ccc(C(=O)OCC(C)(C)C)cc3)n2)cc1. The van der Waals surface area contributed by atoms with Crippen molar-refractivity contribution in [2.45, 2.75) is 80.2 Å².